The third kappa shape index (κ3) is 2.22. The highest BCUT2D eigenvalue weighted by atomic mass is 14.9. The zero-order valence-electron chi connectivity index (χ0n) is 8.77. The van der Waals surface area contributed by atoms with Gasteiger partial charge in [-0.1, -0.05) is 27.2 Å². The molecule has 0 aromatic carbocycles. The van der Waals surface area contributed by atoms with Crippen LogP contribution in [0.5, 0.6) is 0 Å². The lowest BCUT2D eigenvalue weighted by molar-refractivity contribution is 0.346. The summed E-state index contributed by atoms with van der Waals surface area (Å²) in [5.74, 6) is 1.89. The van der Waals surface area contributed by atoms with E-state index in [9.17, 15) is 0 Å². The fourth-order valence-electron chi connectivity index (χ4n) is 2.44. The lowest BCUT2D eigenvalue weighted by Gasteiger charge is -2.20. The maximum atomic E-state index is 3.65. The van der Waals surface area contributed by atoms with Crippen molar-refractivity contribution in [2.75, 3.05) is 6.54 Å². The predicted octanol–water partition coefficient (Wildman–Crippen LogP) is 2.81. The molecule has 0 saturated heterocycles. The zero-order valence-corrected chi connectivity index (χ0v) is 8.77. The summed E-state index contributed by atoms with van der Waals surface area (Å²) in [6.07, 6.45) is 5.48. The van der Waals surface area contributed by atoms with Crippen LogP contribution in [0.25, 0.3) is 0 Å². The molecule has 1 rings (SSSR count). The van der Waals surface area contributed by atoms with E-state index in [0.29, 0.717) is 0 Å². The van der Waals surface area contributed by atoms with Gasteiger partial charge >= 0.3 is 0 Å². The Balaban J connectivity index is 2.28. The van der Waals surface area contributed by atoms with Gasteiger partial charge in [-0.2, -0.15) is 0 Å². The molecule has 3 atom stereocenters. The molecule has 0 aliphatic heterocycles. The lowest BCUT2D eigenvalue weighted by Crippen LogP contribution is -2.33. The van der Waals surface area contributed by atoms with Crippen molar-refractivity contribution in [3.05, 3.63) is 0 Å². The molecule has 0 spiro atoms. The number of rotatable bonds is 4. The van der Waals surface area contributed by atoms with Gasteiger partial charge in [-0.15, -0.1) is 0 Å². The maximum Gasteiger partial charge on any atom is 0.00954 e. The molecule has 0 heterocycles. The van der Waals surface area contributed by atoms with Crippen molar-refractivity contribution in [3.8, 4) is 0 Å². The summed E-state index contributed by atoms with van der Waals surface area (Å²) in [7, 11) is 0. The van der Waals surface area contributed by atoms with Crippen molar-refractivity contribution < 1.29 is 0 Å². The average Bonchev–Trinajstić information content (AvgIpc) is 2.43. The van der Waals surface area contributed by atoms with Crippen LogP contribution in [-0.4, -0.2) is 12.6 Å². The molecule has 1 fully saturated rings. The Bertz CT molecular complexity index is 122. The second kappa shape index (κ2) is 4.86. The molecule has 1 aliphatic carbocycles. The van der Waals surface area contributed by atoms with E-state index in [1.807, 2.05) is 0 Å². The Kier molecular flexibility index (Phi) is 4.07. The largest absolute Gasteiger partial charge is 0.314 e. The summed E-state index contributed by atoms with van der Waals surface area (Å²) in [6, 6.07) is 0.815. The van der Waals surface area contributed by atoms with E-state index >= 15 is 0 Å². The van der Waals surface area contributed by atoms with Gasteiger partial charge in [-0.25, -0.2) is 0 Å². The molecule has 3 unspecified atom stereocenters. The van der Waals surface area contributed by atoms with Crippen LogP contribution in [0.4, 0.5) is 0 Å². The molecule has 0 amide bonds. The van der Waals surface area contributed by atoms with Gasteiger partial charge in [0.2, 0.25) is 0 Å². The van der Waals surface area contributed by atoms with E-state index in [-0.39, 0.29) is 0 Å². The quantitative estimate of drug-likeness (QED) is 0.682. The molecule has 1 nitrogen and oxygen atoms in total. The minimum Gasteiger partial charge on any atom is -0.314 e. The molecule has 1 N–H and O–H groups in total. The Labute approximate surface area is 76.9 Å². The van der Waals surface area contributed by atoms with Crippen LogP contribution in [-0.2, 0) is 0 Å². The molecule has 0 radical (unpaired) electrons. The standard InChI is InChI=1S/C11H23N/c1-4-8-12-11-7-6-10(5-2)9(11)3/h9-12H,4-8H2,1-3H3. The van der Waals surface area contributed by atoms with E-state index in [1.54, 1.807) is 0 Å². The third-order valence-electron chi connectivity index (χ3n) is 3.41. The Morgan fingerprint density at radius 3 is 2.50 bits per heavy atom. The monoisotopic (exact) mass is 169 g/mol. The van der Waals surface area contributed by atoms with Crippen LogP contribution in [0.2, 0.25) is 0 Å². The lowest BCUT2D eigenvalue weighted by atomic mass is 9.93. The van der Waals surface area contributed by atoms with E-state index in [1.165, 1.54) is 32.2 Å². The first-order chi connectivity index (χ1) is 5.79. The van der Waals surface area contributed by atoms with Crippen LogP contribution in [0.1, 0.15) is 46.5 Å². The van der Waals surface area contributed by atoms with Crippen molar-refractivity contribution in [1.29, 1.82) is 0 Å². The van der Waals surface area contributed by atoms with Crippen molar-refractivity contribution in [1.82, 2.24) is 5.32 Å². The van der Waals surface area contributed by atoms with Crippen LogP contribution in [0.15, 0.2) is 0 Å². The van der Waals surface area contributed by atoms with E-state index in [2.05, 4.69) is 26.1 Å². The fourth-order valence-corrected chi connectivity index (χ4v) is 2.44. The smallest absolute Gasteiger partial charge is 0.00954 e. The van der Waals surface area contributed by atoms with Gasteiger partial charge in [-0.3, -0.25) is 0 Å². The minimum absolute atomic E-state index is 0.815. The van der Waals surface area contributed by atoms with Crippen molar-refractivity contribution in [3.63, 3.8) is 0 Å². The van der Waals surface area contributed by atoms with Crippen LogP contribution in [0, 0.1) is 11.8 Å². The predicted molar refractivity (Wildman–Crippen MR) is 54.3 cm³/mol. The second-order valence-corrected chi connectivity index (χ2v) is 4.17. The molecule has 12 heavy (non-hydrogen) atoms. The van der Waals surface area contributed by atoms with Gasteiger partial charge in [0.1, 0.15) is 0 Å². The normalized spacial score (nSPS) is 35.8. The van der Waals surface area contributed by atoms with Crippen LogP contribution < -0.4 is 5.32 Å². The van der Waals surface area contributed by atoms with E-state index < -0.39 is 0 Å². The number of nitrogens with one attached hydrogen (secondary N) is 1. The molecular formula is C11H23N. The van der Waals surface area contributed by atoms with Gasteiger partial charge in [-0.05, 0) is 37.6 Å². The minimum atomic E-state index is 0.815. The van der Waals surface area contributed by atoms with Crippen LogP contribution >= 0.6 is 0 Å². The van der Waals surface area contributed by atoms with Crippen molar-refractivity contribution >= 4 is 0 Å². The number of hydrogen-bond acceptors (Lipinski definition) is 1. The molecule has 1 saturated carbocycles. The van der Waals surface area contributed by atoms with Crippen molar-refractivity contribution in [2.45, 2.75) is 52.5 Å². The zero-order chi connectivity index (χ0) is 8.97. The first-order valence-corrected chi connectivity index (χ1v) is 5.53. The second-order valence-electron chi connectivity index (χ2n) is 4.17. The Hall–Kier alpha value is -0.0400. The first kappa shape index (κ1) is 10.0. The Morgan fingerprint density at radius 2 is 2.00 bits per heavy atom. The fraction of sp³-hybridized carbons (Fsp3) is 1.00. The maximum absolute atomic E-state index is 3.65. The summed E-state index contributed by atoms with van der Waals surface area (Å²) in [5.41, 5.74) is 0. The van der Waals surface area contributed by atoms with Crippen LogP contribution in [0.3, 0.4) is 0 Å². The van der Waals surface area contributed by atoms with Crippen molar-refractivity contribution in [2.24, 2.45) is 11.8 Å². The van der Waals surface area contributed by atoms with Gasteiger partial charge < -0.3 is 5.32 Å². The summed E-state index contributed by atoms with van der Waals surface area (Å²) in [4.78, 5) is 0. The van der Waals surface area contributed by atoms with Gasteiger partial charge in [0.05, 0.1) is 0 Å². The molecule has 0 aromatic heterocycles. The highest BCUT2D eigenvalue weighted by Gasteiger charge is 2.30. The number of hydrogen-bond donors (Lipinski definition) is 1. The summed E-state index contributed by atoms with van der Waals surface area (Å²) < 4.78 is 0. The van der Waals surface area contributed by atoms with Gasteiger partial charge in [0, 0.05) is 6.04 Å². The highest BCUT2D eigenvalue weighted by Crippen LogP contribution is 2.33. The topological polar surface area (TPSA) is 12.0 Å². The molecule has 1 heteroatoms. The van der Waals surface area contributed by atoms with Gasteiger partial charge in [0.25, 0.3) is 0 Å². The average molecular weight is 169 g/mol. The summed E-state index contributed by atoms with van der Waals surface area (Å²) >= 11 is 0. The summed E-state index contributed by atoms with van der Waals surface area (Å²) in [5, 5.41) is 3.65. The van der Waals surface area contributed by atoms with E-state index in [0.717, 1.165) is 17.9 Å². The SMILES string of the molecule is CCCNC1CCC(CC)C1C. The highest BCUT2D eigenvalue weighted by molar-refractivity contribution is 4.85. The molecule has 72 valence electrons. The molecule has 0 aromatic rings. The molecular weight excluding hydrogens is 146 g/mol. The summed E-state index contributed by atoms with van der Waals surface area (Å²) in [6.45, 7) is 8.17. The first-order valence-electron chi connectivity index (χ1n) is 5.53. The Morgan fingerprint density at radius 1 is 1.25 bits per heavy atom. The van der Waals surface area contributed by atoms with E-state index in [4.69, 9.17) is 0 Å². The molecule has 1 aliphatic rings. The third-order valence-corrected chi connectivity index (χ3v) is 3.41. The van der Waals surface area contributed by atoms with Gasteiger partial charge in [0.15, 0.2) is 0 Å². The molecule has 0 bridgehead atoms.